The molecule has 0 aliphatic heterocycles. The molecule has 0 aromatic rings. The van der Waals surface area contributed by atoms with Gasteiger partial charge in [0.2, 0.25) is 0 Å². The molecule has 0 unspecified atom stereocenters. The van der Waals surface area contributed by atoms with Gasteiger partial charge in [0.1, 0.15) is 0 Å². The van der Waals surface area contributed by atoms with E-state index in [9.17, 15) is 0 Å². The summed E-state index contributed by atoms with van der Waals surface area (Å²) in [6.45, 7) is 21.5. The molecule has 0 aromatic carbocycles. The van der Waals surface area contributed by atoms with Gasteiger partial charge in [0.15, 0.2) is 0 Å². The van der Waals surface area contributed by atoms with Crippen molar-refractivity contribution in [2.45, 2.75) is 103 Å². The summed E-state index contributed by atoms with van der Waals surface area (Å²) in [5.74, 6) is 0. The molecule has 0 amide bonds. The molecule has 0 spiro atoms. The Kier molecular flexibility index (Phi) is 10.5. The molecular weight excluding hydrogens is 503 g/mol. The fourth-order valence-electron chi connectivity index (χ4n) is 5.03. The van der Waals surface area contributed by atoms with Gasteiger partial charge < -0.3 is 0 Å². The predicted molar refractivity (Wildman–Crippen MR) is 143 cm³/mol. The van der Waals surface area contributed by atoms with E-state index in [1.54, 1.807) is 22.3 Å². The minimum atomic E-state index is -3.19. The Morgan fingerprint density at radius 3 is 1.27 bits per heavy atom. The molecule has 0 aromatic heterocycles. The van der Waals surface area contributed by atoms with Gasteiger partial charge in [-0.2, -0.15) is 0 Å². The number of halogens is 2. The van der Waals surface area contributed by atoms with E-state index < -0.39 is 17.4 Å². The van der Waals surface area contributed by atoms with Crippen molar-refractivity contribution in [2.24, 2.45) is 10.8 Å². The first-order valence-corrected chi connectivity index (χ1v) is 24.8. The van der Waals surface area contributed by atoms with Gasteiger partial charge in [-0.25, -0.2) is 0 Å². The van der Waals surface area contributed by atoms with Crippen LogP contribution in [0.15, 0.2) is 41.0 Å². The van der Waals surface area contributed by atoms with Gasteiger partial charge in [-0.3, -0.25) is 0 Å². The molecule has 2 aliphatic carbocycles. The first kappa shape index (κ1) is 30.6. The molecule has 0 radical (unpaired) electrons. The van der Waals surface area contributed by atoms with Crippen molar-refractivity contribution in [3.63, 3.8) is 0 Å². The molecule has 0 atom stereocenters. The minimum absolute atomic E-state index is 0. The molecule has 174 valence electrons. The van der Waals surface area contributed by atoms with Crippen molar-refractivity contribution in [1.29, 1.82) is 0 Å². The van der Waals surface area contributed by atoms with Gasteiger partial charge in [-0.05, 0) is 0 Å². The Morgan fingerprint density at radius 2 is 1.03 bits per heavy atom. The van der Waals surface area contributed by atoms with E-state index >= 15 is 0 Å². The van der Waals surface area contributed by atoms with E-state index in [-0.39, 0.29) is 35.6 Å². The molecular formula is C26H48Cl2SiZr. The first-order valence-electron chi connectivity index (χ1n) is 11.5. The minimum Gasteiger partial charge on any atom is -0.147 e. The average Bonchev–Trinajstić information content (AvgIpc) is 3.12. The monoisotopic (exact) mass is 548 g/mol. The van der Waals surface area contributed by atoms with Crippen LogP contribution in [0.25, 0.3) is 0 Å². The molecule has 0 saturated carbocycles. The van der Waals surface area contributed by atoms with Crippen LogP contribution in [-0.2, 0) is 17.4 Å². The fourth-order valence-corrected chi connectivity index (χ4v) is 19.8. The van der Waals surface area contributed by atoms with E-state index in [2.05, 4.69) is 83.7 Å². The Labute approximate surface area is 202 Å². The summed E-state index contributed by atoms with van der Waals surface area (Å²) in [7, 11) is 0. The van der Waals surface area contributed by atoms with Crippen LogP contribution in [0.5, 0.6) is 0 Å². The van der Waals surface area contributed by atoms with Crippen LogP contribution < -0.4 is 0 Å². The van der Waals surface area contributed by atoms with E-state index in [0.29, 0.717) is 0 Å². The summed E-state index contributed by atoms with van der Waals surface area (Å²) >= 11 is -3.19. The molecule has 30 heavy (non-hydrogen) atoms. The van der Waals surface area contributed by atoms with Crippen LogP contribution in [0.4, 0.5) is 0 Å². The smallest absolute Gasteiger partial charge is 0.147 e. The van der Waals surface area contributed by atoms with Crippen molar-refractivity contribution in [3.8, 4) is 0 Å². The van der Waals surface area contributed by atoms with E-state index in [4.69, 9.17) is 0 Å². The molecule has 0 N–H and O–H groups in total. The fraction of sp³-hybridized carbons (Fsp3) is 0.692. The molecule has 0 bridgehead atoms. The summed E-state index contributed by atoms with van der Waals surface area (Å²) in [5.41, 5.74) is 7.33. The van der Waals surface area contributed by atoms with Crippen molar-refractivity contribution in [1.82, 2.24) is 0 Å². The van der Waals surface area contributed by atoms with Crippen molar-refractivity contribution >= 4 is 31.7 Å². The van der Waals surface area contributed by atoms with E-state index in [0.717, 1.165) is 0 Å². The van der Waals surface area contributed by atoms with Gasteiger partial charge in [-0.1, -0.05) is 0 Å². The zero-order valence-electron chi connectivity index (χ0n) is 21.4. The number of hydrogen-bond acceptors (Lipinski definition) is 0. The predicted octanol–water partition coefficient (Wildman–Crippen LogP) is 9.02. The molecule has 4 heteroatoms. The summed E-state index contributed by atoms with van der Waals surface area (Å²) in [6.07, 6.45) is 12.7. The summed E-state index contributed by atoms with van der Waals surface area (Å²) in [5, 5.41) is 0. The molecule has 0 nitrogen and oxygen atoms in total. The zero-order chi connectivity index (χ0) is 21.6. The number of rotatable bonds is 6. The van der Waals surface area contributed by atoms with E-state index in [1.165, 1.54) is 38.5 Å². The quantitative estimate of drug-likeness (QED) is 0.289. The maximum atomic E-state index is 2.74. The van der Waals surface area contributed by atoms with Gasteiger partial charge in [0.25, 0.3) is 0 Å². The number of allylic oxidation sites excluding steroid dienone is 8. The largest absolute Gasteiger partial charge is 0.147 e. The Balaban J connectivity index is 0.00000420. The molecule has 0 heterocycles. The van der Waals surface area contributed by atoms with E-state index in [1.807, 2.05) is 6.56 Å². The molecule has 2 aliphatic rings. The van der Waals surface area contributed by atoms with Crippen molar-refractivity contribution < 1.29 is 17.4 Å². The van der Waals surface area contributed by atoms with Crippen molar-refractivity contribution in [3.05, 3.63) is 41.0 Å². The van der Waals surface area contributed by atoms with Crippen LogP contribution in [0.1, 0.15) is 93.9 Å². The van der Waals surface area contributed by atoms with Crippen LogP contribution >= 0.6 is 24.8 Å². The Bertz CT molecular complexity index is 769. The van der Waals surface area contributed by atoms with Gasteiger partial charge >= 0.3 is 179 Å². The number of hydrogen-bond donors (Lipinski definition) is 0. The maximum absolute atomic E-state index is 3.19. The third-order valence-electron chi connectivity index (χ3n) is 7.11. The molecule has 2 rings (SSSR count). The first-order chi connectivity index (χ1) is 12.6. The third-order valence-corrected chi connectivity index (χ3v) is 24.1. The maximum Gasteiger partial charge on any atom is -0.147 e. The van der Waals surface area contributed by atoms with Gasteiger partial charge in [0, 0.05) is 0 Å². The summed E-state index contributed by atoms with van der Waals surface area (Å²) < 4.78 is 9.29. The van der Waals surface area contributed by atoms with Crippen LogP contribution in [-0.4, -0.2) is 6.88 Å². The normalized spacial score (nSPS) is 18.2. The second kappa shape index (κ2) is 10.3. The second-order valence-corrected chi connectivity index (χ2v) is 41.1. The van der Waals surface area contributed by atoms with Crippen LogP contribution in [0, 0.1) is 10.8 Å². The van der Waals surface area contributed by atoms with Crippen LogP contribution in [0.2, 0.25) is 9.26 Å². The molecule has 0 fully saturated rings. The zero-order valence-corrected chi connectivity index (χ0v) is 26.9. The SMILES string of the molecule is CCCC1=[C]([Zr]([CH3])([CH3])(=[SiH2])[C]2=C(CCC)C=C(C(C)(C)C)C2)CC(C(C)(C)C)=C1.Cl.Cl. The molecule has 0 saturated heterocycles. The third kappa shape index (κ3) is 6.36. The second-order valence-electron chi connectivity index (χ2n) is 12.4. The Morgan fingerprint density at radius 1 is 0.733 bits per heavy atom. The van der Waals surface area contributed by atoms with Crippen molar-refractivity contribution in [2.75, 3.05) is 0 Å². The van der Waals surface area contributed by atoms with Gasteiger partial charge in [-0.15, -0.1) is 24.8 Å². The van der Waals surface area contributed by atoms with Crippen LogP contribution in [0.3, 0.4) is 0 Å². The summed E-state index contributed by atoms with van der Waals surface area (Å²) in [4.78, 5) is 0. The van der Waals surface area contributed by atoms with Gasteiger partial charge in [0.05, 0.1) is 0 Å². The Hall–Kier alpha value is 0.640. The standard InChI is InChI=1S/2C12H19.2CH3.2ClH.H2Si.Zr/c2*1-5-6-10-7-8-11(9-10)12(2,3)4;;;;;;/h2*9H,5-6,8H2,1-4H3;2*1H3;2*1H;1H2;. The average molecular weight is 551 g/mol. The summed E-state index contributed by atoms with van der Waals surface area (Å²) in [6, 6.07) is 0. The topological polar surface area (TPSA) is 0 Å².